The van der Waals surface area contributed by atoms with Crippen LogP contribution in [-0.4, -0.2) is 31.3 Å². The highest BCUT2D eigenvalue weighted by molar-refractivity contribution is 8.02. The van der Waals surface area contributed by atoms with E-state index in [1.54, 1.807) is 23.5 Å². The van der Waals surface area contributed by atoms with Crippen molar-refractivity contribution < 1.29 is 9.72 Å². The van der Waals surface area contributed by atoms with Gasteiger partial charge in [0.2, 0.25) is 11.0 Å². The summed E-state index contributed by atoms with van der Waals surface area (Å²) in [5.41, 5.74) is 1.48. The molecule has 8 nitrogen and oxygen atoms in total. The molecule has 2 aromatic heterocycles. The maximum Gasteiger partial charge on any atom is 0.270 e. The number of carbonyl (C=O) groups is 1. The van der Waals surface area contributed by atoms with Gasteiger partial charge in [-0.1, -0.05) is 54.3 Å². The van der Waals surface area contributed by atoms with Gasteiger partial charge >= 0.3 is 0 Å². The fraction of sp³-hybridized carbons (Fsp3) is 0.158. The van der Waals surface area contributed by atoms with Crippen LogP contribution in [0.4, 0.5) is 10.8 Å². The van der Waals surface area contributed by atoms with Crippen molar-refractivity contribution >= 4 is 61.4 Å². The number of thiazole rings is 1. The smallest absolute Gasteiger partial charge is 0.270 e. The molecule has 0 saturated heterocycles. The van der Waals surface area contributed by atoms with Crippen LogP contribution in [0.1, 0.15) is 13.3 Å². The third-order valence-corrected chi connectivity index (χ3v) is 7.52. The van der Waals surface area contributed by atoms with E-state index in [-0.39, 0.29) is 16.8 Å². The SMILES string of the molecule is CC[C@@H](Sc1nc2ccccc2s1)C(=O)Nc1nnc(-c2cccc([N+](=O)[O-])c2)s1. The summed E-state index contributed by atoms with van der Waals surface area (Å²) >= 11 is 4.16. The van der Waals surface area contributed by atoms with Gasteiger partial charge in [0.25, 0.3) is 5.69 Å². The fourth-order valence-corrected chi connectivity index (χ4v) is 5.65. The Morgan fingerprint density at radius 2 is 2.03 bits per heavy atom. The molecule has 0 aliphatic rings. The number of nitro benzene ring substituents is 1. The number of hydrogen-bond donors (Lipinski definition) is 1. The second-order valence-corrected chi connectivity index (χ2v) is 9.63. The van der Waals surface area contributed by atoms with Gasteiger partial charge in [-0.2, -0.15) is 0 Å². The zero-order valence-corrected chi connectivity index (χ0v) is 18.1. The maximum atomic E-state index is 12.7. The molecule has 0 unspecified atom stereocenters. The number of thioether (sulfide) groups is 1. The molecule has 0 aliphatic carbocycles. The highest BCUT2D eigenvalue weighted by Gasteiger charge is 2.22. The van der Waals surface area contributed by atoms with Crippen molar-refractivity contribution in [3.8, 4) is 10.6 Å². The average Bonchev–Trinajstić information content (AvgIpc) is 3.38. The van der Waals surface area contributed by atoms with Gasteiger partial charge in [-0.15, -0.1) is 21.5 Å². The third kappa shape index (κ3) is 4.48. The molecule has 0 saturated carbocycles. The van der Waals surface area contributed by atoms with Crippen LogP contribution in [0.3, 0.4) is 0 Å². The van der Waals surface area contributed by atoms with Crippen molar-refractivity contribution in [1.29, 1.82) is 0 Å². The lowest BCUT2D eigenvalue weighted by atomic mass is 10.2. The average molecular weight is 458 g/mol. The van der Waals surface area contributed by atoms with Crippen LogP contribution in [0.2, 0.25) is 0 Å². The number of amides is 1. The second-order valence-electron chi connectivity index (χ2n) is 6.17. The number of carbonyl (C=O) groups excluding carboxylic acids is 1. The summed E-state index contributed by atoms with van der Waals surface area (Å²) in [4.78, 5) is 27.8. The number of non-ortho nitro benzene ring substituents is 1. The Kier molecular flexibility index (Phi) is 6.02. The van der Waals surface area contributed by atoms with E-state index >= 15 is 0 Å². The van der Waals surface area contributed by atoms with E-state index in [0.717, 1.165) is 14.6 Å². The zero-order chi connectivity index (χ0) is 21.1. The van der Waals surface area contributed by atoms with E-state index in [4.69, 9.17) is 0 Å². The number of fused-ring (bicyclic) bond motifs is 1. The molecule has 2 heterocycles. The predicted octanol–water partition coefficient (Wildman–Crippen LogP) is 5.23. The topological polar surface area (TPSA) is 111 Å². The Labute approximate surface area is 183 Å². The van der Waals surface area contributed by atoms with E-state index in [9.17, 15) is 14.9 Å². The van der Waals surface area contributed by atoms with Crippen LogP contribution in [0, 0.1) is 10.1 Å². The number of rotatable bonds is 7. The minimum Gasteiger partial charge on any atom is -0.300 e. The molecule has 4 aromatic rings. The Hall–Kier alpha value is -2.89. The number of para-hydroxylation sites is 1. The summed E-state index contributed by atoms with van der Waals surface area (Å²) in [6, 6.07) is 14.0. The van der Waals surface area contributed by atoms with Gasteiger partial charge in [0.15, 0.2) is 4.34 Å². The first-order valence-electron chi connectivity index (χ1n) is 8.95. The largest absolute Gasteiger partial charge is 0.300 e. The summed E-state index contributed by atoms with van der Waals surface area (Å²) in [5, 5.41) is 22.4. The summed E-state index contributed by atoms with van der Waals surface area (Å²) in [7, 11) is 0. The standard InChI is InChI=1S/C19H15N5O3S3/c1-2-14(28-19-20-13-8-3-4-9-15(13)29-19)16(25)21-18-23-22-17(30-18)11-6-5-7-12(10-11)24(26)27/h3-10,14H,2H2,1H3,(H,21,23,25)/t14-/m1/s1. The van der Waals surface area contributed by atoms with Gasteiger partial charge < -0.3 is 0 Å². The van der Waals surface area contributed by atoms with Gasteiger partial charge in [0, 0.05) is 17.7 Å². The Morgan fingerprint density at radius 1 is 1.20 bits per heavy atom. The molecule has 4 rings (SSSR count). The second kappa shape index (κ2) is 8.86. The van der Waals surface area contributed by atoms with Crippen molar-refractivity contribution in [1.82, 2.24) is 15.2 Å². The van der Waals surface area contributed by atoms with Gasteiger partial charge in [-0.25, -0.2) is 4.98 Å². The molecule has 1 atom stereocenters. The van der Waals surface area contributed by atoms with Gasteiger partial charge in [0.05, 0.1) is 20.4 Å². The van der Waals surface area contributed by atoms with Crippen LogP contribution in [0.25, 0.3) is 20.8 Å². The molecule has 2 aromatic carbocycles. The number of nitrogens with one attached hydrogen (secondary N) is 1. The summed E-state index contributed by atoms with van der Waals surface area (Å²) in [5.74, 6) is -0.177. The summed E-state index contributed by atoms with van der Waals surface area (Å²) in [6.07, 6.45) is 0.628. The van der Waals surface area contributed by atoms with Crippen LogP contribution >= 0.6 is 34.4 Å². The lowest BCUT2D eigenvalue weighted by molar-refractivity contribution is -0.384. The predicted molar refractivity (Wildman–Crippen MR) is 120 cm³/mol. The molecule has 0 aliphatic heterocycles. The molecule has 0 spiro atoms. The molecule has 11 heteroatoms. The normalized spacial score (nSPS) is 12.0. The Morgan fingerprint density at radius 3 is 2.80 bits per heavy atom. The van der Waals surface area contributed by atoms with Crippen LogP contribution in [-0.2, 0) is 4.79 Å². The van der Waals surface area contributed by atoms with E-state index < -0.39 is 4.92 Å². The van der Waals surface area contributed by atoms with E-state index in [2.05, 4.69) is 20.5 Å². The van der Waals surface area contributed by atoms with Gasteiger partial charge in [-0.3, -0.25) is 20.2 Å². The van der Waals surface area contributed by atoms with Crippen molar-refractivity contribution in [2.75, 3.05) is 5.32 Å². The first kappa shape index (κ1) is 20.4. The highest BCUT2D eigenvalue weighted by Crippen LogP contribution is 2.34. The van der Waals surface area contributed by atoms with Crippen molar-refractivity contribution in [2.24, 2.45) is 0 Å². The number of benzene rings is 2. The highest BCUT2D eigenvalue weighted by atomic mass is 32.2. The number of anilines is 1. The molecule has 1 amide bonds. The lowest BCUT2D eigenvalue weighted by Crippen LogP contribution is -2.24. The number of nitro groups is 1. The Bertz CT molecular complexity index is 1190. The molecular formula is C19H15N5O3S3. The molecular weight excluding hydrogens is 442 g/mol. The summed E-state index contributed by atoms with van der Waals surface area (Å²) in [6.45, 7) is 1.94. The summed E-state index contributed by atoms with van der Waals surface area (Å²) < 4.78 is 1.92. The lowest BCUT2D eigenvalue weighted by Gasteiger charge is -2.11. The maximum absolute atomic E-state index is 12.7. The molecule has 152 valence electrons. The van der Waals surface area contributed by atoms with Crippen LogP contribution < -0.4 is 5.32 Å². The van der Waals surface area contributed by atoms with Gasteiger partial charge in [-0.05, 0) is 18.6 Å². The van der Waals surface area contributed by atoms with Crippen LogP contribution in [0.5, 0.6) is 0 Å². The van der Waals surface area contributed by atoms with Crippen molar-refractivity contribution in [2.45, 2.75) is 22.9 Å². The number of nitrogens with zero attached hydrogens (tertiary/aromatic N) is 4. The van der Waals surface area contributed by atoms with E-state index in [1.165, 1.54) is 35.2 Å². The first-order valence-corrected chi connectivity index (χ1v) is 11.5. The molecule has 30 heavy (non-hydrogen) atoms. The molecule has 0 fully saturated rings. The number of aromatic nitrogens is 3. The van der Waals surface area contributed by atoms with Gasteiger partial charge in [0.1, 0.15) is 5.01 Å². The number of hydrogen-bond acceptors (Lipinski definition) is 9. The monoisotopic (exact) mass is 457 g/mol. The molecule has 0 bridgehead atoms. The van der Waals surface area contributed by atoms with Crippen molar-refractivity contribution in [3.05, 3.63) is 58.6 Å². The Balaban J connectivity index is 1.46. The van der Waals surface area contributed by atoms with E-state index in [0.29, 0.717) is 22.1 Å². The third-order valence-electron chi connectivity index (χ3n) is 4.14. The molecule has 1 N–H and O–H groups in total. The first-order chi connectivity index (χ1) is 14.5. The minimum atomic E-state index is -0.460. The van der Waals surface area contributed by atoms with E-state index in [1.807, 2.05) is 31.2 Å². The molecule has 0 radical (unpaired) electrons. The van der Waals surface area contributed by atoms with Crippen molar-refractivity contribution in [3.63, 3.8) is 0 Å². The van der Waals surface area contributed by atoms with Crippen LogP contribution in [0.15, 0.2) is 52.9 Å². The fourth-order valence-electron chi connectivity index (χ4n) is 2.67. The quantitative estimate of drug-likeness (QED) is 0.230. The minimum absolute atomic E-state index is 0.0217. The zero-order valence-electron chi connectivity index (χ0n) is 15.6.